The molecule has 1 amide bonds. The number of aromatic amines is 1. The molecule has 1 unspecified atom stereocenters. The Morgan fingerprint density at radius 2 is 2.03 bits per heavy atom. The van der Waals surface area contributed by atoms with Crippen LogP contribution in [-0.2, 0) is 11.2 Å². The second-order valence-electron chi connectivity index (χ2n) is 8.27. The highest BCUT2D eigenvalue weighted by Crippen LogP contribution is 2.39. The van der Waals surface area contributed by atoms with Crippen molar-refractivity contribution in [2.24, 2.45) is 4.99 Å². The van der Waals surface area contributed by atoms with E-state index in [2.05, 4.69) is 37.2 Å². The molecule has 8 nitrogen and oxygen atoms in total. The van der Waals surface area contributed by atoms with Crippen molar-refractivity contribution in [3.63, 3.8) is 0 Å². The van der Waals surface area contributed by atoms with Gasteiger partial charge in [-0.3, -0.25) is 9.89 Å². The van der Waals surface area contributed by atoms with Gasteiger partial charge in [-0.15, -0.1) is 0 Å². The summed E-state index contributed by atoms with van der Waals surface area (Å²) in [5.74, 6) is 1.71. The number of benzene rings is 1. The van der Waals surface area contributed by atoms with Gasteiger partial charge in [-0.25, -0.2) is 4.99 Å². The predicted octanol–water partition coefficient (Wildman–Crippen LogP) is 3.02. The lowest BCUT2D eigenvalue weighted by Gasteiger charge is -2.33. The number of amides is 1. The molecule has 1 atom stereocenters. The maximum atomic E-state index is 11.8. The second-order valence-corrected chi connectivity index (χ2v) is 8.27. The quantitative estimate of drug-likeness (QED) is 0.539. The summed E-state index contributed by atoms with van der Waals surface area (Å²) < 4.78 is 0. The minimum absolute atomic E-state index is 0.137. The number of rotatable bonds is 8. The van der Waals surface area contributed by atoms with Crippen molar-refractivity contribution >= 4 is 23.6 Å². The number of nitrogens with one attached hydrogen (secondary N) is 4. The number of carbonyl (C=O) groups excluding carboxylic acids is 1. The Labute approximate surface area is 176 Å². The van der Waals surface area contributed by atoms with Gasteiger partial charge < -0.3 is 20.9 Å². The molecule has 2 aliphatic rings. The number of allylic oxidation sites excluding steroid dienone is 1. The number of aliphatic imine (C=N–C) groups is 1. The molecular formula is C22H29N7O. The second kappa shape index (κ2) is 8.22. The van der Waals surface area contributed by atoms with Crippen molar-refractivity contribution in [1.82, 2.24) is 20.4 Å². The summed E-state index contributed by atoms with van der Waals surface area (Å²) in [6.07, 6.45) is 7.39. The van der Waals surface area contributed by atoms with Gasteiger partial charge in [0.05, 0.1) is 0 Å². The van der Waals surface area contributed by atoms with Crippen LogP contribution in [0, 0.1) is 0 Å². The largest absolute Gasteiger partial charge is 0.349 e. The average Bonchev–Trinajstić information content (AvgIpc) is 3.46. The Morgan fingerprint density at radius 3 is 2.73 bits per heavy atom. The van der Waals surface area contributed by atoms with Crippen LogP contribution in [0.4, 0.5) is 11.5 Å². The molecule has 1 aromatic carbocycles. The van der Waals surface area contributed by atoms with Crippen LogP contribution >= 0.6 is 0 Å². The third-order valence-electron chi connectivity index (χ3n) is 5.30. The van der Waals surface area contributed by atoms with Gasteiger partial charge in [-0.05, 0) is 50.0 Å². The fourth-order valence-corrected chi connectivity index (χ4v) is 3.39. The standard InChI is InChI=1S/C22H29N7O/c1-22(25-17-9-4-15(5-10-17)6-11-21(30)29(2)3)23-13-12-19(26-22)24-20-14-18(27-28-20)16-7-8-16/h4-5,9-10,12-14,16,25-26H,6-8,11H2,1-3H3,(H2,24,27,28). The van der Waals surface area contributed by atoms with Crippen molar-refractivity contribution in [2.45, 2.75) is 44.3 Å². The van der Waals surface area contributed by atoms with Crippen LogP contribution in [0.1, 0.15) is 43.4 Å². The van der Waals surface area contributed by atoms with E-state index in [0.717, 1.165) is 29.3 Å². The van der Waals surface area contributed by atoms with Gasteiger partial charge in [-0.2, -0.15) is 5.10 Å². The number of nitrogens with zero attached hydrogens (tertiary/aromatic N) is 3. The number of aryl methyl sites for hydroxylation is 1. The van der Waals surface area contributed by atoms with Crippen LogP contribution in [0.2, 0.25) is 0 Å². The van der Waals surface area contributed by atoms with Crippen molar-refractivity contribution in [2.75, 3.05) is 24.7 Å². The van der Waals surface area contributed by atoms with E-state index in [0.29, 0.717) is 12.3 Å². The van der Waals surface area contributed by atoms with Crippen LogP contribution in [0.5, 0.6) is 0 Å². The van der Waals surface area contributed by atoms with Crippen LogP contribution in [0.3, 0.4) is 0 Å². The van der Waals surface area contributed by atoms with Crippen molar-refractivity contribution in [3.8, 4) is 0 Å². The van der Waals surface area contributed by atoms with Crippen LogP contribution < -0.4 is 16.0 Å². The smallest absolute Gasteiger partial charge is 0.222 e. The number of anilines is 2. The summed E-state index contributed by atoms with van der Waals surface area (Å²) in [5, 5.41) is 17.6. The van der Waals surface area contributed by atoms with Gasteiger partial charge in [0, 0.05) is 50.1 Å². The SMILES string of the molecule is CN(C)C(=O)CCc1ccc(NC2(C)N=CC=C(Nc3cc(C4CC4)[nH]n3)N2)cc1. The van der Waals surface area contributed by atoms with Crippen LogP contribution in [-0.4, -0.2) is 47.1 Å². The van der Waals surface area contributed by atoms with Gasteiger partial charge in [-0.1, -0.05) is 12.1 Å². The molecule has 30 heavy (non-hydrogen) atoms. The Morgan fingerprint density at radius 1 is 1.27 bits per heavy atom. The highest BCUT2D eigenvalue weighted by Gasteiger charge is 2.27. The van der Waals surface area contributed by atoms with Gasteiger partial charge in [0.1, 0.15) is 5.82 Å². The Kier molecular flexibility index (Phi) is 5.48. The molecule has 2 heterocycles. The molecule has 0 spiro atoms. The third-order valence-corrected chi connectivity index (χ3v) is 5.30. The first-order valence-corrected chi connectivity index (χ1v) is 10.3. The van der Waals surface area contributed by atoms with Gasteiger partial charge in [0.25, 0.3) is 0 Å². The van der Waals surface area contributed by atoms with E-state index in [1.807, 2.05) is 37.3 Å². The zero-order valence-electron chi connectivity index (χ0n) is 17.7. The number of aromatic nitrogens is 2. The first-order chi connectivity index (χ1) is 14.4. The molecule has 0 bridgehead atoms. The maximum absolute atomic E-state index is 11.8. The molecule has 2 aromatic rings. The molecule has 1 aliphatic carbocycles. The molecule has 158 valence electrons. The Balaban J connectivity index is 1.33. The fraction of sp³-hybridized carbons (Fsp3) is 0.409. The molecule has 1 aromatic heterocycles. The maximum Gasteiger partial charge on any atom is 0.222 e. The minimum Gasteiger partial charge on any atom is -0.349 e. The molecule has 1 aliphatic heterocycles. The zero-order valence-corrected chi connectivity index (χ0v) is 17.7. The summed E-state index contributed by atoms with van der Waals surface area (Å²) in [5.41, 5.74) is 3.27. The minimum atomic E-state index is -0.685. The normalized spacial score (nSPS) is 20.3. The van der Waals surface area contributed by atoms with Crippen LogP contribution in [0.25, 0.3) is 0 Å². The summed E-state index contributed by atoms with van der Waals surface area (Å²) >= 11 is 0. The molecule has 1 fully saturated rings. The van der Waals surface area contributed by atoms with E-state index in [9.17, 15) is 4.79 Å². The highest BCUT2D eigenvalue weighted by molar-refractivity contribution is 5.76. The topological polar surface area (TPSA) is 97.4 Å². The predicted molar refractivity (Wildman–Crippen MR) is 119 cm³/mol. The van der Waals surface area contributed by atoms with Gasteiger partial charge in [0.15, 0.2) is 5.82 Å². The average molecular weight is 408 g/mol. The van der Waals surface area contributed by atoms with Crippen molar-refractivity contribution < 1.29 is 4.79 Å². The van der Waals surface area contributed by atoms with E-state index in [1.165, 1.54) is 18.5 Å². The van der Waals surface area contributed by atoms with E-state index < -0.39 is 5.79 Å². The van der Waals surface area contributed by atoms with Crippen molar-refractivity contribution in [1.29, 1.82) is 0 Å². The number of hydrogen-bond acceptors (Lipinski definition) is 6. The fourth-order valence-electron chi connectivity index (χ4n) is 3.39. The van der Waals surface area contributed by atoms with E-state index in [4.69, 9.17) is 0 Å². The summed E-state index contributed by atoms with van der Waals surface area (Å²) in [6.45, 7) is 1.97. The molecule has 0 radical (unpaired) electrons. The van der Waals surface area contributed by atoms with E-state index in [-0.39, 0.29) is 5.91 Å². The first kappa shape index (κ1) is 20.0. The molecule has 1 saturated carbocycles. The number of H-pyrrole nitrogens is 1. The lowest BCUT2D eigenvalue weighted by Crippen LogP contribution is -2.50. The molecule has 4 rings (SSSR count). The Bertz CT molecular complexity index is 956. The highest BCUT2D eigenvalue weighted by atomic mass is 16.2. The summed E-state index contributed by atoms with van der Waals surface area (Å²) in [4.78, 5) is 17.9. The van der Waals surface area contributed by atoms with Gasteiger partial charge >= 0.3 is 0 Å². The molecule has 4 N–H and O–H groups in total. The zero-order chi connectivity index (χ0) is 21.1. The number of hydrogen-bond donors (Lipinski definition) is 4. The lowest BCUT2D eigenvalue weighted by atomic mass is 10.1. The van der Waals surface area contributed by atoms with E-state index in [1.54, 1.807) is 25.2 Å². The summed E-state index contributed by atoms with van der Waals surface area (Å²) in [7, 11) is 3.56. The molecular weight excluding hydrogens is 378 g/mol. The van der Waals surface area contributed by atoms with E-state index >= 15 is 0 Å². The monoisotopic (exact) mass is 407 g/mol. The summed E-state index contributed by atoms with van der Waals surface area (Å²) in [6, 6.07) is 10.2. The van der Waals surface area contributed by atoms with Crippen molar-refractivity contribution in [3.05, 3.63) is 53.5 Å². The third kappa shape index (κ3) is 5.00. The number of carbonyl (C=O) groups is 1. The Hall–Kier alpha value is -3.29. The molecule has 0 saturated heterocycles. The lowest BCUT2D eigenvalue weighted by molar-refractivity contribution is -0.128. The first-order valence-electron chi connectivity index (χ1n) is 10.3. The molecule has 8 heteroatoms. The van der Waals surface area contributed by atoms with Gasteiger partial charge in [0.2, 0.25) is 11.7 Å². The van der Waals surface area contributed by atoms with Crippen LogP contribution in [0.15, 0.2) is 47.2 Å².